The van der Waals surface area contributed by atoms with Gasteiger partial charge in [0.25, 0.3) is 5.91 Å². The van der Waals surface area contributed by atoms with Crippen LogP contribution in [0.4, 0.5) is 18.9 Å². The highest BCUT2D eigenvalue weighted by Gasteiger charge is 2.30. The van der Waals surface area contributed by atoms with Crippen LogP contribution in [-0.4, -0.2) is 11.0 Å². The Morgan fingerprint density at radius 2 is 1.76 bits per heavy atom. The second kappa shape index (κ2) is 5.09. The lowest BCUT2D eigenvalue weighted by Gasteiger charge is -2.08. The van der Waals surface area contributed by atoms with E-state index >= 15 is 0 Å². The molecule has 0 fully saturated rings. The number of hydrogen-bond donors (Lipinski definition) is 2. The predicted molar refractivity (Wildman–Crippen MR) is 70.5 cm³/mol. The maximum atomic E-state index is 14.0. The first-order valence-corrected chi connectivity index (χ1v) is 6.72. The zero-order chi connectivity index (χ0) is 15.1. The third-order valence-electron chi connectivity index (χ3n) is 3.02. The van der Waals surface area contributed by atoms with Gasteiger partial charge in [-0.05, 0) is 30.3 Å². The van der Waals surface area contributed by atoms with Gasteiger partial charge in [-0.15, -0.1) is 0 Å². The molecule has 0 aliphatic carbocycles. The van der Waals surface area contributed by atoms with Crippen LogP contribution in [0.15, 0.2) is 40.1 Å². The van der Waals surface area contributed by atoms with Gasteiger partial charge in [0.05, 0.1) is 9.79 Å². The van der Waals surface area contributed by atoms with E-state index in [2.05, 4.69) is 5.32 Å². The van der Waals surface area contributed by atoms with Crippen LogP contribution >= 0.6 is 11.8 Å². The van der Waals surface area contributed by atoms with Gasteiger partial charge in [-0.2, -0.15) is 0 Å². The molecule has 1 heterocycles. The van der Waals surface area contributed by atoms with Gasteiger partial charge in [0, 0.05) is 11.3 Å². The number of aliphatic hydroxyl groups excluding tert-OH is 1. The van der Waals surface area contributed by atoms with E-state index in [1.807, 2.05) is 0 Å². The van der Waals surface area contributed by atoms with E-state index in [4.69, 9.17) is 0 Å². The summed E-state index contributed by atoms with van der Waals surface area (Å²) in [7, 11) is 0. The molecule has 2 aromatic carbocycles. The molecule has 1 aliphatic rings. The van der Waals surface area contributed by atoms with E-state index < -0.39 is 29.5 Å². The van der Waals surface area contributed by atoms with Crippen molar-refractivity contribution in [3.05, 3.63) is 53.3 Å². The number of amides is 1. The number of halogens is 3. The van der Waals surface area contributed by atoms with Crippen LogP contribution in [0, 0.1) is 17.5 Å². The van der Waals surface area contributed by atoms with Crippen LogP contribution in [0.3, 0.4) is 0 Å². The minimum Gasteiger partial charge on any atom is -0.378 e. The summed E-state index contributed by atoms with van der Waals surface area (Å²) in [5, 5.41) is 11.9. The van der Waals surface area contributed by atoms with E-state index in [0.29, 0.717) is 11.8 Å². The number of carbonyl (C=O) groups is 1. The molecule has 0 radical (unpaired) electrons. The molecule has 0 aromatic heterocycles. The van der Waals surface area contributed by atoms with Crippen molar-refractivity contribution >= 4 is 23.4 Å². The second-order valence-electron chi connectivity index (χ2n) is 4.44. The first-order valence-electron chi connectivity index (χ1n) is 5.91. The average molecular weight is 311 g/mol. The van der Waals surface area contributed by atoms with Crippen molar-refractivity contribution in [2.45, 2.75) is 15.9 Å². The number of nitrogens with one attached hydrogen (secondary N) is 1. The van der Waals surface area contributed by atoms with Crippen LogP contribution in [0.25, 0.3) is 0 Å². The lowest BCUT2D eigenvalue weighted by molar-refractivity contribution is -0.123. The summed E-state index contributed by atoms with van der Waals surface area (Å²) in [5.74, 6) is -2.68. The van der Waals surface area contributed by atoms with Crippen LogP contribution in [0.5, 0.6) is 0 Å². The van der Waals surface area contributed by atoms with Gasteiger partial charge in [-0.3, -0.25) is 4.79 Å². The molecule has 0 saturated carbocycles. The third-order valence-corrected chi connectivity index (χ3v) is 4.08. The molecule has 1 unspecified atom stereocenters. The quantitative estimate of drug-likeness (QED) is 0.895. The summed E-state index contributed by atoms with van der Waals surface area (Å²) in [6.45, 7) is 0. The van der Waals surface area contributed by atoms with Crippen LogP contribution < -0.4 is 5.32 Å². The summed E-state index contributed by atoms with van der Waals surface area (Å²) in [6.07, 6.45) is -1.42. The van der Waals surface area contributed by atoms with Crippen molar-refractivity contribution in [3.8, 4) is 0 Å². The zero-order valence-corrected chi connectivity index (χ0v) is 11.2. The fourth-order valence-corrected chi connectivity index (χ4v) is 2.90. The van der Waals surface area contributed by atoms with Gasteiger partial charge >= 0.3 is 0 Å². The van der Waals surface area contributed by atoms with Gasteiger partial charge in [0.2, 0.25) is 0 Å². The van der Waals surface area contributed by atoms with Crippen LogP contribution in [0.2, 0.25) is 0 Å². The van der Waals surface area contributed by atoms with Crippen molar-refractivity contribution in [2.24, 2.45) is 0 Å². The molecule has 1 atom stereocenters. The Morgan fingerprint density at radius 3 is 2.52 bits per heavy atom. The molecule has 2 N–H and O–H groups in total. The summed E-state index contributed by atoms with van der Waals surface area (Å²) in [4.78, 5) is 11.3. The maximum absolute atomic E-state index is 14.0. The number of carbonyl (C=O) groups excluding carboxylic acids is 1. The smallest absolute Gasteiger partial charge is 0.257 e. The molecule has 7 heteroatoms. The Balaban J connectivity index is 1.99. The molecule has 1 aliphatic heterocycles. The minimum atomic E-state index is -1.42. The lowest BCUT2D eigenvalue weighted by Crippen LogP contribution is -2.10. The summed E-state index contributed by atoms with van der Waals surface area (Å²) in [6, 6.07) is 5.18. The topological polar surface area (TPSA) is 49.3 Å². The first-order chi connectivity index (χ1) is 9.95. The Morgan fingerprint density at radius 1 is 1.05 bits per heavy atom. The van der Waals surface area contributed by atoms with Crippen molar-refractivity contribution in [2.75, 3.05) is 5.32 Å². The fraction of sp³-hybridized carbons (Fsp3) is 0.0714. The monoisotopic (exact) mass is 311 g/mol. The Kier molecular flexibility index (Phi) is 3.38. The van der Waals surface area contributed by atoms with Gasteiger partial charge in [-0.1, -0.05) is 11.8 Å². The number of fused-ring (bicyclic) bond motifs is 1. The molecule has 1 amide bonds. The number of hydrogen-bond acceptors (Lipinski definition) is 3. The van der Waals surface area contributed by atoms with E-state index in [-0.39, 0.29) is 21.0 Å². The highest BCUT2D eigenvalue weighted by atomic mass is 32.2. The second-order valence-corrected chi connectivity index (χ2v) is 5.52. The van der Waals surface area contributed by atoms with E-state index in [9.17, 15) is 23.1 Å². The van der Waals surface area contributed by atoms with Crippen molar-refractivity contribution in [3.63, 3.8) is 0 Å². The van der Waals surface area contributed by atoms with Crippen LogP contribution in [0.1, 0.15) is 11.7 Å². The summed E-state index contributed by atoms with van der Waals surface area (Å²) < 4.78 is 40.7. The molecular formula is C14H8F3NO2S. The number of rotatable bonds is 2. The lowest BCUT2D eigenvalue weighted by atomic mass is 10.1. The summed E-state index contributed by atoms with van der Waals surface area (Å²) >= 11 is 0.701. The van der Waals surface area contributed by atoms with E-state index in [1.54, 1.807) is 0 Å². The first kappa shape index (κ1) is 14.0. The fourth-order valence-electron chi connectivity index (χ4n) is 2.00. The third kappa shape index (κ3) is 2.50. The highest BCUT2D eigenvalue weighted by molar-refractivity contribution is 7.99. The minimum absolute atomic E-state index is 0.0210. The molecule has 21 heavy (non-hydrogen) atoms. The molecular weight excluding hydrogens is 303 g/mol. The molecule has 3 nitrogen and oxygen atoms in total. The van der Waals surface area contributed by atoms with Crippen molar-refractivity contribution < 1.29 is 23.1 Å². The zero-order valence-electron chi connectivity index (χ0n) is 10.4. The number of benzene rings is 2. The molecule has 0 saturated heterocycles. The normalized spacial score (nSPS) is 16.8. The van der Waals surface area contributed by atoms with Gasteiger partial charge < -0.3 is 10.4 Å². The molecule has 0 bridgehead atoms. The SMILES string of the molecule is O=C1Nc2cc(Sc3cc(F)ccc3F)c(F)cc2C1O. The molecule has 0 spiro atoms. The van der Waals surface area contributed by atoms with E-state index in [1.165, 1.54) is 6.07 Å². The van der Waals surface area contributed by atoms with Crippen molar-refractivity contribution in [1.29, 1.82) is 0 Å². The molecule has 108 valence electrons. The average Bonchev–Trinajstić information content (AvgIpc) is 2.70. The van der Waals surface area contributed by atoms with Crippen molar-refractivity contribution in [1.82, 2.24) is 0 Å². The maximum Gasteiger partial charge on any atom is 0.257 e. The summed E-state index contributed by atoms with van der Waals surface area (Å²) in [5.41, 5.74) is 0.384. The van der Waals surface area contributed by atoms with E-state index in [0.717, 1.165) is 24.3 Å². The predicted octanol–water partition coefficient (Wildman–Crippen LogP) is 3.24. The van der Waals surface area contributed by atoms with Gasteiger partial charge in [0.15, 0.2) is 6.10 Å². The molecule has 2 aromatic rings. The number of aliphatic hydroxyl groups is 1. The standard InChI is InChI=1S/C14H8F3NO2S/c15-6-1-2-8(16)11(3-6)21-12-5-10-7(4-9(12)17)13(19)14(20)18-10/h1-5,13,19H,(H,18,20). The molecule has 3 rings (SSSR count). The highest BCUT2D eigenvalue weighted by Crippen LogP contribution is 2.39. The van der Waals surface area contributed by atoms with Crippen LogP contribution in [-0.2, 0) is 4.79 Å². The Hall–Kier alpha value is -1.99. The number of anilines is 1. The Labute approximate surface area is 121 Å². The largest absolute Gasteiger partial charge is 0.378 e. The van der Waals surface area contributed by atoms with Gasteiger partial charge in [-0.25, -0.2) is 13.2 Å². The van der Waals surface area contributed by atoms with Gasteiger partial charge in [0.1, 0.15) is 17.5 Å². The Bertz CT molecular complexity index is 751.